The molecular formula is C16H15N3O3S. The fourth-order valence-corrected chi connectivity index (χ4v) is 3.54. The summed E-state index contributed by atoms with van der Waals surface area (Å²) in [4.78, 5) is 4.28. The number of para-hydroxylation sites is 2. The number of nitrogens with one attached hydrogen (secondary N) is 1. The minimum atomic E-state index is -3.81. The number of benzene rings is 2. The Morgan fingerprint density at radius 3 is 2.61 bits per heavy atom. The molecule has 0 saturated heterocycles. The van der Waals surface area contributed by atoms with Crippen molar-refractivity contribution in [1.82, 2.24) is 4.98 Å². The Morgan fingerprint density at radius 2 is 1.87 bits per heavy atom. The van der Waals surface area contributed by atoms with E-state index in [1.54, 1.807) is 49.7 Å². The average Bonchev–Trinajstić information content (AvgIpc) is 2.54. The molecule has 0 amide bonds. The quantitative estimate of drug-likeness (QED) is 0.718. The molecule has 0 spiro atoms. The van der Waals surface area contributed by atoms with Gasteiger partial charge in [0.2, 0.25) is 0 Å². The fraction of sp³-hybridized carbons (Fsp3) is 0.0625. The molecule has 23 heavy (non-hydrogen) atoms. The zero-order chi connectivity index (χ0) is 16.4. The van der Waals surface area contributed by atoms with E-state index in [4.69, 9.17) is 10.5 Å². The van der Waals surface area contributed by atoms with E-state index in [-0.39, 0.29) is 10.6 Å². The summed E-state index contributed by atoms with van der Waals surface area (Å²) in [5.74, 6) is 0.621. The smallest absolute Gasteiger partial charge is 0.264 e. The molecule has 0 bridgehead atoms. The molecule has 7 heteroatoms. The SMILES string of the molecule is COc1ccnc2c(NS(=O)(=O)c3ccccc3N)cccc12. The van der Waals surface area contributed by atoms with Crippen molar-refractivity contribution in [2.45, 2.75) is 4.90 Å². The van der Waals surface area contributed by atoms with E-state index in [0.717, 1.165) is 5.39 Å². The van der Waals surface area contributed by atoms with Crippen LogP contribution in [0.2, 0.25) is 0 Å². The second kappa shape index (κ2) is 5.77. The van der Waals surface area contributed by atoms with Crippen molar-refractivity contribution in [1.29, 1.82) is 0 Å². The highest BCUT2D eigenvalue weighted by Crippen LogP contribution is 2.30. The molecule has 2 aromatic carbocycles. The van der Waals surface area contributed by atoms with E-state index >= 15 is 0 Å². The second-order valence-electron chi connectivity index (χ2n) is 4.86. The van der Waals surface area contributed by atoms with E-state index in [2.05, 4.69) is 9.71 Å². The third-order valence-corrected chi connectivity index (χ3v) is 4.84. The van der Waals surface area contributed by atoms with Gasteiger partial charge in [0, 0.05) is 11.6 Å². The second-order valence-corrected chi connectivity index (χ2v) is 6.51. The normalized spacial score (nSPS) is 11.3. The average molecular weight is 329 g/mol. The topological polar surface area (TPSA) is 94.3 Å². The van der Waals surface area contributed by atoms with Gasteiger partial charge in [-0.25, -0.2) is 8.42 Å². The van der Waals surface area contributed by atoms with Crippen molar-refractivity contribution in [3.63, 3.8) is 0 Å². The van der Waals surface area contributed by atoms with Gasteiger partial charge in [-0.1, -0.05) is 18.2 Å². The number of anilines is 2. The molecule has 1 aromatic heterocycles. The van der Waals surface area contributed by atoms with Crippen molar-refractivity contribution in [2.24, 2.45) is 0 Å². The molecular weight excluding hydrogens is 314 g/mol. The Bertz CT molecular complexity index is 971. The number of methoxy groups -OCH3 is 1. The number of fused-ring (bicyclic) bond motifs is 1. The first-order valence-electron chi connectivity index (χ1n) is 6.82. The maximum absolute atomic E-state index is 12.6. The van der Waals surface area contributed by atoms with Gasteiger partial charge in [0.25, 0.3) is 10.0 Å². The van der Waals surface area contributed by atoms with Gasteiger partial charge in [-0.3, -0.25) is 9.71 Å². The Hall–Kier alpha value is -2.80. The van der Waals surface area contributed by atoms with Crippen molar-refractivity contribution >= 4 is 32.3 Å². The molecule has 3 N–H and O–H groups in total. The predicted molar refractivity (Wildman–Crippen MR) is 90.0 cm³/mol. The number of sulfonamides is 1. The molecule has 0 radical (unpaired) electrons. The van der Waals surface area contributed by atoms with Gasteiger partial charge in [0.05, 0.1) is 24.0 Å². The molecule has 3 aromatic rings. The highest BCUT2D eigenvalue weighted by molar-refractivity contribution is 7.93. The van der Waals surface area contributed by atoms with Crippen LogP contribution in [0.1, 0.15) is 0 Å². The van der Waals surface area contributed by atoms with E-state index in [9.17, 15) is 8.42 Å². The Balaban J connectivity index is 2.10. The standard InChI is InChI=1S/C16H15N3O3S/c1-22-14-9-10-18-16-11(14)5-4-7-13(16)19-23(20,21)15-8-3-2-6-12(15)17/h2-10,19H,17H2,1H3. The number of pyridine rings is 1. The number of rotatable bonds is 4. The monoisotopic (exact) mass is 329 g/mol. The third kappa shape index (κ3) is 2.78. The van der Waals surface area contributed by atoms with Crippen LogP contribution in [0, 0.1) is 0 Å². The van der Waals surface area contributed by atoms with Crippen molar-refractivity contribution in [3.05, 3.63) is 54.7 Å². The first-order valence-corrected chi connectivity index (χ1v) is 8.30. The summed E-state index contributed by atoms with van der Waals surface area (Å²) < 4.78 is 33.0. The van der Waals surface area contributed by atoms with Crippen LogP contribution in [0.3, 0.4) is 0 Å². The molecule has 3 rings (SSSR count). The molecule has 118 valence electrons. The number of hydrogen-bond acceptors (Lipinski definition) is 5. The number of nitrogen functional groups attached to an aromatic ring is 1. The minimum Gasteiger partial charge on any atom is -0.496 e. The van der Waals surface area contributed by atoms with Gasteiger partial charge in [0.1, 0.15) is 10.6 Å². The van der Waals surface area contributed by atoms with E-state index in [1.807, 2.05) is 6.07 Å². The first kappa shape index (κ1) is 15.1. The van der Waals surface area contributed by atoms with Gasteiger partial charge < -0.3 is 10.5 Å². The van der Waals surface area contributed by atoms with Gasteiger partial charge >= 0.3 is 0 Å². The summed E-state index contributed by atoms with van der Waals surface area (Å²) in [6, 6.07) is 13.2. The largest absolute Gasteiger partial charge is 0.496 e. The van der Waals surface area contributed by atoms with Crippen molar-refractivity contribution in [2.75, 3.05) is 17.6 Å². The molecule has 0 aliphatic heterocycles. The van der Waals surface area contributed by atoms with Crippen molar-refractivity contribution in [3.8, 4) is 5.75 Å². The number of ether oxygens (including phenoxy) is 1. The Morgan fingerprint density at radius 1 is 1.09 bits per heavy atom. The minimum absolute atomic E-state index is 0.0277. The van der Waals surface area contributed by atoms with Crippen molar-refractivity contribution < 1.29 is 13.2 Å². The maximum Gasteiger partial charge on any atom is 0.264 e. The summed E-state index contributed by atoms with van der Waals surface area (Å²) in [6.45, 7) is 0. The molecule has 0 aliphatic carbocycles. The Kier molecular flexibility index (Phi) is 3.79. The van der Waals surface area contributed by atoms with Crippen LogP contribution in [0.5, 0.6) is 5.75 Å². The van der Waals surface area contributed by atoms with Gasteiger partial charge in [-0.15, -0.1) is 0 Å². The molecule has 1 heterocycles. The van der Waals surface area contributed by atoms with Crippen LogP contribution in [-0.2, 0) is 10.0 Å². The van der Waals surface area contributed by atoms with Crippen LogP contribution < -0.4 is 15.2 Å². The molecule has 6 nitrogen and oxygen atoms in total. The highest BCUT2D eigenvalue weighted by Gasteiger charge is 2.18. The number of hydrogen-bond donors (Lipinski definition) is 2. The zero-order valence-electron chi connectivity index (χ0n) is 12.4. The molecule has 0 fully saturated rings. The summed E-state index contributed by atoms with van der Waals surface area (Å²) >= 11 is 0. The molecule has 0 atom stereocenters. The Labute approximate surface area is 134 Å². The van der Waals surface area contributed by atoms with Crippen LogP contribution in [0.4, 0.5) is 11.4 Å². The van der Waals surface area contributed by atoms with Crippen LogP contribution >= 0.6 is 0 Å². The first-order chi connectivity index (χ1) is 11.0. The van der Waals surface area contributed by atoms with E-state index < -0.39 is 10.0 Å². The van der Waals surface area contributed by atoms with Crippen LogP contribution in [0.15, 0.2) is 59.6 Å². The lowest BCUT2D eigenvalue weighted by Gasteiger charge is -2.12. The van der Waals surface area contributed by atoms with Gasteiger partial charge in [-0.05, 0) is 30.3 Å². The lowest BCUT2D eigenvalue weighted by atomic mass is 10.2. The predicted octanol–water partition coefficient (Wildman–Crippen LogP) is 2.63. The van der Waals surface area contributed by atoms with Gasteiger partial charge in [-0.2, -0.15) is 0 Å². The summed E-state index contributed by atoms with van der Waals surface area (Å²) in [5, 5.41) is 0.719. The maximum atomic E-state index is 12.6. The number of aromatic nitrogens is 1. The molecule has 0 unspecified atom stereocenters. The molecule has 0 aliphatic rings. The lowest BCUT2D eigenvalue weighted by molar-refractivity contribution is 0.419. The van der Waals surface area contributed by atoms with Crippen LogP contribution in [-0.4, -0.2) is 20.5 Å². The summed E-state index contributed by atoms with van der Waals surface area (Å²) in [5.41, 5.74) is 6.82. The lowest BCUT2D eigenvalue weighted by Crippen LogP contribution is -2.15. The third-order valence-electron chi connectivity index (χ3n) is 3.40. The summed E-state index contributed by atoms with van der Waals surface area (Å²) in [6.07, 6.45) is 1.57. The fourth-order valence-electron chi connectivity index (χ4n) is 2.34. The number of nitrogens with two attached hydrogens (primary N) is 1. The van der Waals surface area contributed by atoms with E-state index in [1.165, 1.54) is 6.07 Å². The van der Waals surface area contributed by atoms with Gasteiger partial charge in [0.15, 0.2) is 0 Å². The molecule has 0 saturated carbocycles. The number of nitrogens with zero attached hydrogens (tertiary/aromatic N) is 1. The van der Waals surface area contributed by atoms with E-state index in [0.29, 0.717) is 17.0 Å². The zero-order valence-corrected chi connectivity index (χ0v) is 13.2. The van der Waals surface area contributed by atoms with Crippen LogP contribution in [0.25, 0.3) is 10.9 Å². The summed E-state index contributed by atoms with van der Waals surface area (Å²) in [7, 11) is -2.26. The highest BCUT2D eigenvalue weighted by atomic mass is 32.2.